The summed E-state index contributed by atoms with van der Waals surface area (Å²) in [5.41, 5.74) is 0. The molecule has 0 amide bonds. The zero-order chi connectivity index (χ0) is 30.8. The van der Waals surface area contributed by atoms with Crippen LogP contribution < -0.4 is 0 Å². The molecule has 0 aromatic heterocycles. The van der Waals surface area contributed by atoms with Crippen molar-refractivity contribution in [3.8, 4) is 0 Å². The summed E-state index contributed by atoms with van der Waals surface area (Å²) in [6, 6.07) is 0. The first-order chi connectivity index (χ1) is 20.6. The van der Waals surface area contributed by atoms with Crippen LogP contribution in [0.15, 0.2) is 24.3 Å². The largest absolute Gasteiger partial charge is 0.462 e. The van der Waals surface area contributed by atoms with Crippen molar-refractivity contribution in [1.29, 1.82) is 0 Å². The van der Waals surface area contributed by atoms with Gasteiger partial charge >= 0.3 is 11.9 Å². The van der Waals surface area contributed by atoms with Crippen molar-refractivity contribution in [3.05, 3.63) is 24.3 Å². The number of esters is 2. The maximum Gasteiger partial charge on any atom is 0.306 e. The van der Waals surface area contributed by atoms with Crippen LogP contribution in [-0.2, 0) is 19.1 Å². The number of aliphatic hydroxyl groups is 1. The van der Waals surface area contributed by atoms with Gasteiger partial charge in [-0.05, 0) is 44.9 Å². The van der Waals surface area contributed by atoms with Crippen LogP contribution in [0.2, 0.25) is 0 Å². The van der Waals surface area contributed by atoms with E-state index in [0.29, 0.717) is 12.8 Å². The Hall–Kier alpha value is -1.62. The molecular weight excluding hydrogens is 524 g/mol. The van der Waals surface area contributed by atoms with Crippen LogP contribution >= 0.6 is 0 Å². The van der Waals surface area contributed by atoms with E-state index in [2.05, 4.69) is 38.2 Å². The molecule has 0 saturated carbocycles. The molecule has 0 aliphatic heterocycles. The molecule has 0 fully saturated rings. The molecule has 0 aliphatic rings. The molecule has 5 nitrogen and oxygen atoms in total. The predicted molar refractivity (Wildman–Crippen MR) is 178 cm³/mol. The highest BCUT2D eigenvalue weighted by Gasteiger charge is 2.16. The molecule has 0 saturated heterocycles. The molecule has 0 rings (SSSR count). The minimum atomic E-state index is -0.770. The first-order valence-corrected chi connectivity index (χ1v) is 17.9. The van der Waals surface area contributed by atoms with Gasteiger partial charge in [-0.2, -0.15) is 0 Å². The van der Waals surface area contributed by atoms with Gasteiger partial charge < -0.3 is 14.6 Å². The first kappa shape index (κ1) is 40.4. The summed E-state index contributed by atoms with van der Waals surface area (Å²) in [6.07, 6.45) is 38.0. The van der Waals surface area contributed by atoms with Gasteiger partial charge in [0.05, 0.1) is 6.61 Å². The fraction of sp³-hybridized carbons (Fsp3) is 0.838. The zero-order valence-corrected chi connectivity index (χ0v) is 27.8. The lowest BCUT2D eigenvalue weighted by atomic mass is 10.0. The van der Waals surface area contributed by atoms with E-state index in [-0.39, 0.29) is 25.2 Å². The number of carbonyl (C=O) groups excluding carboxylic acids is 2. The molecule has 0 aromatic rings. The van der Waals surface area contributed by atoms with E-state index >= 15 is 0 Å². The fourth-order valence-corrected chi connectivity index (χ4v) is 4.99. The van der Waals surface area contributed by atoms with Crippen molar-refractivity contribution >= 4 is 11.9 Å². The van der Waals surface area contributed by atoms with Crippen LogP contribution in [0.4, 0.5) is 0 Å². The standard InChI is InChI=1S/C37H68O5/c1-3-5-7-9-11-13-15-17-18-20-21-23-25-27-29-31-36(39)41-34-35(33-38)42-37(40)32-30-28-26-24-22-19-16-14-12-10-8-6-4-2/h11,13,17-18,35,38H,3-10,12,14-16,19-34H2,1-2H3/t35-/m0/s1. The molecule has 0 bridgehead atoms. The quantitative estimate of drug-likeness (QED) is 0.0478. The van der Waals surface area contributed by atoms with Gasteiger partial charge in [-0.1, -0.05) is 147 Å². The molecule has 0 aromatic carbocycles. The monoisotopic (exact) mass is 593 g/mol. The van der Waals surface area contributed by atoms with Crippen molar-refractivity contribution in [1.82, 2.24) is 0 Å². The topological polar surface area (TPSA) is 72.8 Å². The highest BCUT2D eigenvalue weighted by Crippen LogP contribution is 2.14. The van der Waals surface area contributed by atoms with Gasteiger partial charge in [-0.3, -0.25) is 9.59 Å². The second kappa shape index (κ2) is 33.9. The minimum absolute atomic E-state index is 0.0695. The van der Waals surface area contributed by atoms with E-state index in [4.69, 9.17) is 9.47 Å². The Morgan fingerprint density at radius 3 is 1.45 bits per heavy atom. The maximum absolute atomic E-state index is 12.1. The lowest BCUT2D eigenvalue weighted by Crippen LogP contribution is -2.28. The van der Waals surface area contributed by atoms with E-state index in [9.17, 15) is 14.7 Å². The van der Waals surface area contributed by atoms with Gasteiger partial charge in [0.25, 0.3) is 0 Å². The Kier molecular flexibility index (Phi) is 32.6. The summed E-state index contributed by atoms with van der Waals surface area (Å²) in [6.45, 7) is 4.09. The third-order valence-electron chi connectivity index (χ3n) is 7.75. The van der Waals surface area contributed by atoms with Crippen molar-refractivity contribution in [2.24, 2.45) is 0 Å². The van der Waals surface area contributed by atoms with Gasteiger partial charge in [0.15, 0.2) is 6.10 Å². The van der Waals surface area contributed by atoms with E-state index in [1.807, 2.05) is 0 Å². The SMILES string of the molecule is CCCCCC=CCC=CCCCCCCCC(=O)OC[C@H](CO)OC(=O)CCCCCCCCCCCCCCC. The molecule has 42 heavy (non-hydrogen) atoms. The minimum Gasteiger partial charge on any atom is -0.462 e. The molecule has 1 atom stereocenters. The van der Waals surface area contributed by atoms with Gasteiger partial charge in [-0.15, -0.1) is 0 Å². The maximum atomic E-state index is 12.1. The zero-order valence-electron chi connectivity index (χ0n) is 27.8. The van der Waals surface area contributed by atoms with Crippen molar-refractivity contribution in [2.75, 3.05) is 13.2 Å². The highest BCUT2D eigenvalue weighted by molar-refractivity contribution is 5.70. The number of allylic oxidation sites excluding steroid dienone is 4. The lowest BCUT2D eigenvalue weighted by Gasteiger charge is -2.15. The van der Waals surface area contributed by atoms with E-state index in [1.165, 1.54) is 103 Å². The van der Waals surface area contributed by atoms with Crippen LogP contribution in [-0.4, -0.2) is 36.4 Å². The lowest BCUT2D eigenvalue weighted by molar-refractivity contribution is -0.161. The normalized spacial score (nSPS) is 12.4. The molecule has 0 aliphatic carbocycles. The number of unbranched alkanes of at least 4 members (excludes halogenated alkanes) is 20. The molecule has 246 valence electrons. The number of ether oxygens (including phenoxy) is 2. The molecule has 0 unspecified atom stereocenters. The van der Waals surface area contributed by atoms with Crippen molar-refractivity contribution in [2.45, 2.75) is 187 Å². The van der Waals surface area contributed by atoms with Gasteiger partial charge in [0, 0.05) is 12.8 Å². The first-order valence-electron chi connectivity index (χ1n) is 17.9. The molecule has 0 heterocycles. The smallest absolute Gasteiger partial charge is 0.306 e. The van der Waals surface area contributed by atoms with Gasteiger partial charge in [0.2, 0.25) is 0 Å². The van der Waals surface area contributed by atoms with Gasteiger partial charge in [0.1, 0.15) is 6.61 Å². The number of carbonyl (C=O) groups is 2. The molecule has 1 N–H and O–H groups in total. The average molecular weight is 593 g/mol. The van der Waals surface area contributed by atoms with E-state index < -0.39 is 6.10 Å². The van der Waals surface area contributed by atoms with E-state index in [1.54, 1.807) is 0 Å². The van der Waals surface area contributed by atoms with Crippen LogP contribution in [0.1, 0.15) is 181 Å². The third kappa shape index (κ3) is 31.3. The Bertz CT molecular complexity index is 642. The second-order valence-corrected chi connectivity index (χ2v) is 12.0. The number of hydrogen-bond acceptors (Lipinski definition) is 5. The predicted octanol–water partition coefficient (Wildman–Crippen LogP) is 10.7. The number of aliphatic hydroxyl groups excluding tert-OH is 1. The summed E-state index contributed by atoms with van der Waals surface area (Å²) < 4.78 is 10.6. The van der Waals surface area contributed by atoms with E-state index in [0.717, 1.165) is 51.4 Å². The Balaban J connectivity index is 3.58. The van der Waals surface area contributed by atoms with Crippen LogP contribution in [0.5, 0.6) is 0 Å². The third-order valence-corrected chi connectivity index (χ3v) is 7.75. The van der Waals surface area contributed by atoms with Crippen molar-refractivity contribution in [3.63, 3.8) is 0 Å². The van der Waals surface area contributed by atoms with Crippen LogP contribution in [0.3, 0.4) is 0 Å². The summed E-state index contributed by atoms with van der Waals surface area (Å²) in [5.74, 6) is -0.603. The molecule has 0 radical (unpaired) electrons. The number of rotatable bonds is 32. The molecule has 0 spiro atoms. The summed E-state index contributed by atoms with van der Waals surface area (Å²) >= 11 is 0. The highest BCUT2D eigenvalue weighted by atomic mass is 16.6. The Labute approximate surface area is 260 Å². The Morgan fingerprint density at radius 1 is 0.548 bits per heavy atom. The van der Waals surface area contributed by atoms with Crippen LogP contribution in [0.25, 0.3) is 0 Å². The molecule has 5 heteroatoms. The summed E-state index contributed by atoms with van der Waals surface area (Å²) in [7, 11) is 0. The summed E-state index contributed by atoms with van der Waals surface area (Å²) in [4.78, 5) is 24.1. The average Bonchev–Trinajstić information content (AvgIpc) is 2.99. The second-order valence-electron chi connectivity index (χ2n) is 12.0. The Morgan fingerprint density at radius 2 is 0.952 bits per heavy atom. The van der Waals surface area contributed by atoms with Gasteiger partial charge in [-0.25, -0.2) is 0 Å². The fourth-order valence-electron chi connectivity index (χ4n) is 4.99. The number of hydrogen-bond donors (Lipinski definition) is 1. The van der Waals surface area contributed by atoms with Crippen LogP contribution in [0, 0.1) is 0 Å². The van der Waals surface area contributed by atoms with Crippen molar-refractivity contribution < 1.29 is 24.2 Å². The molecular formula is C37H68O5. The summed E-state index contributed by atoms with van der Waals surface area (Å²) in [5, 5.41) is 9.51.